The fraction of sp³-hybridized carbons (Fsp3) is 0.632. The Hall–Kier alpha value is -1.22. The van der Waals surface area contributed by atoms with Crippen LogP contribution < -0.4 is 0 Å². The first kappa shape index (κ1) is 15.7. The Morgan fingerprint density at radius 3 is 2.86 bits per heavy atom. The van der Waals surface area contributed by atoms with E-state index in [1.807, 2.05) is 6.08 Å². The number of fused-ring (bicyclic) bond motifs is 1. The van der Waals surface area contributed by atoms with Crippen molar-refractivity contribution in [3.05, 3.63) is 36.2 Å². The molecule has 0 amide bonds. The highest BCUT2D eigenvalue weighted by molar-refractivity contribution is 5.32. The van der Waals surface area contributed by atoms with Gasteiger partial charge in [0.2, 0.25) is 0 Å². The van der Waals surface area contributed by atoms with Gasteiger partial charge in [0.05, 0.1) is 5.92 Å². The topological polar surface area (TPSA) is 6.25 Å². The van der Waals surface area contributed by atoms with Gasteiger partial charge in [-0.15, -0.1) is 0 Å². The molecule has 2 aliphatic heterocycles. The van der Waals surface area contributed by atoms with Gasteiger partial charge in [0.15, 0.2) is 11.6 Å². The number of rotatable bonds is 1. The molecule has 120 valence electrons. The highest BCUT2D eigenvalue weighted by atomic mass is 19.1. The maximum absolute atomic E-state index is 13.6. The molecule has 3 heteroatoms. The summed E-state index contributed by atoms with van der Waals surface area (Å²) in [6.07, 6.45) is 9.70. The number of nitrogens with zero attached hydrogens (tertiary/aromatic N) is 2. The normalized spacial score (nSPS) is 36.5. The van der Waals surface area contributed by atoms with E-state index in [4.69, 9.17) is 0 Å². The SMILES string of the molecule is C=C1CC2(CCCN(C(C)C)CC2)[N+](=C)C2C=CC(F)=CC12. The van der Waals surface area contributed by atoms with E-state index in [0.717, 1.165) is 32.4 Å². The van der Waals surface area contributed by atoms with Crippen molar-refractivity contribution >= 4 is 6.72 Å². The van der Waals surface area contributed by atoms with Crippen molar-refractivity contribution in [2.45, 2.75) is 57.2 Å². The van der Waals surface area contributed by atoms with E-state index in [1.165, 1.54) is 12.0 Å². The van der Waals surface area contributed by atoms with E-state index in [9.17, 15) is 4.39 Å². The number of hydrogen-bond donors (Lipinski definition) is 0. The van der Waals surface area contributed by atoms with Gasteiger partial charge in [0, 0.05) is 31.8 Å². The van der Waals surface area contributed by atoms with Crippen LogP contribution in [0.1, 0.15) is 39.5 Å². The third-order valence-corrected chi connectivity index (χ3v) is 5.84. The first-order valence-electron chi connectivity index (χ1n) is 8.50. The van der Waals surface area contributed by atoms with Crippen molar-refractivity contribution in [3.8, 4) is 0 Å². The average Bonchev–Trinajstić information content (AvgIpc) is 2.69. The van der Waals surface area contributed by atoms with Gasteiger partial charge in [-0.2, -0.15) is 0 Å². The molecule has 2 saturated heterocycles. The van der Waals surface area contributed by atoms with Crippen LogP contribution >= 0.6 is 0 Å². The number of halogens is 1. The monoisotopic (exact) mass is 303 g/mol. The third-order valence-electron chi connectivity index (χ3n) is 5.84. The lowest BCUT2D eigenvalue weighted by atomic mass is 9.71. The zero-order chi connectivity index (χ0) is 15.9. The molecule has 3 unspecified atom stereocenters. The number of likely N-dealkylation sites (tertiary alicyclic amines) is 1. The lowest BCUT2D eigenvalue weighted by Crippen LogP contribution is -2.54. The summed E-state index contributed by atoms with van der Waals surface area (Å²) in [4.78, 5) is 2.56. The number of allylic oxidation sites excluding steroid dienone is 2. The molecular formula is C19H28FN2+. The molecule has 0 aromatic heterocycles. The van der Waals surface area contributed by atoms with Crippen molar-refractivity contribution in [3.63, 3.8) is 0 Å². The molecule has 1 aliphatic carbocycles. The van der Waals surface area contributed by atoms with Gasteiger partial charge in [-0.3, -0.25) is 0 Å². The number of hydrogen-bond acceptors (Lipinski definition) is 1. The van der Waals surface area contributed by atoms with Crippen LogP contribution in [0.15, 0.2) is 36.2 Å². The molecule has 0 bridgehead atoms. The fourth-order valence-electron chi connectivity index (χ4n) is 4.43. The van der Waals surface area contributed by atoms with Crippen molar-refractivity contribution in [1.29, 1.82) is 0 Å². The molecule has 0 aromatic carbocycles. The molecule has 3 atom stereocenters. The van der Waals surface area contributed by atoms with Crippen LogP contribution in [0.3, 0.4) is 0 Å². The summed E-state index contributed by atoms with van der Waals surface area (Å²) < 4.78 is 15.9. The Labute approximate surface area is 133 Å². The molecule has 2 nitrogen and oxygen atoms in total. The van der Waals surface area contributed by atoms with Crippen LogP contribution in [0.25, 0.3) is 0 Å². The Balaban J connectivity index is 1.85. The largest absolute Gasteiger partial charge is 0.301 e. The van der Waals surface area contributed by atoms with Gasteiger partial charge in [-0.25, -0.2) is 8.97 Å². The van der Waals surface area contributed by atoms with Crippen molar-refractivity contribution in [1.82, 2.24) is 4.90 Å². The van der Waals surface area contributed by atoms with Crippen LogP contribution in [0, 0.1) is 5.92 Å². The molecule has 0 saturated carbocycles. The Morgan fingerprint density at radius 1 is 1.36 bits per heavy atom. The zero-order valence-corrected chi connectivity index (χ0v) is 13.9. The highest BCUT2D eigenvalue weighted by Crippen LogP contribution is 2.43. The van der Waals surface area contributed by atoms with Gasteiger partial charge in [0.1, 0.15) is 12.5 Å². The Morgan fingerprint density at radius 2 is 2.14 bits per heavy atom. The first-order valence-corrected chi connectivity index (χ1v) is 8.50. The maximum Gasteiger partial charge on any atom is 0.181 e. The minimum Gasteiger partial charge on any atom is -0.301 e. The Bertz CT molecular complexity index is 546. The lowest BCUT2D eigenvalue weighted by Gasteiger charge is -2.42. The second-order valence-corrected chi connectivity index (χ2v) is 7.44. The van der Waals surface area contributed by atoms with Crippen molar-refractivity contribution in [2.24, 2.45) is 5.92 Å². The predicted octanol–water partition coefficient (Wildman–Crippen LogP) is 3.70. The molecule has 2 heterocycles. The first-order chi connectivity index (χ1) is 10.4. The van der Waals surface area contributed by atoms with Gasteiger partial charge in [0.25, 0.3) is 0 Å². The van der Waals surface area contributed by atoms with E-state index >= 15 is 0 Å². The highest BCUT2D eigenvalue weighted by Gasteiger charge is 2.51. The predicted molar refractivity (Wildman–Crippen MR) is 90.0 cm³/mol. The van der Waals surface area contributed by atoms with Gasteiger partial charge in [-0.05, 0) is 45.0 Å². The second-order valence-electron chi connectivity index (χ2n) is 7.44. The van der Waals surface area contributed by atoms with Crippen LogP contribution in [-0.4, -0.2) is 46.9 Å². The van der Waals surface area contributed by atoms with E-state index in [2.05, 4.69) is 36.6 Å². The molecule has 3 rings (SSSR count). The molecule has 2 fully saturated rings. The van der Waals surface area contributed by atoms with Crippen LogP contribution in [0.2, 0.25) is 0 Å². The molecule has 3 aliphatic rings. The summed E-state index contributed by atoms with van der Waals surface area (Å²) in [5.74, 6) is -0.0591. The van der Waals surface area contributed by atoms with Gasteiger partial charge >= 0.3 is 0 Å². The molecular weight excluding hydrogens is 275 g/mol. The van der Waals surface area contributed by atoms with Gasteiger partial charge in [-0.1, -0.05) is 12.2 Å². The summed E-state index contributed by atoms with van der Waals surface area (Å²) in [7, 11) is 0. The summed E-state index contributed by atoms with van der Waals surface area (Å²) in [6.45, 7) is 15.5. The van der Waals surface area contributed by atoms with E-state index < -0.39 is 0 Å². The van der Waals surface area contributed by atoms with Crippen LogP contribution in [-0.2, 0) is 0 Å². The molecule has 22 heavy (non-hydrogen) atoms. The Kier molecular flexibility index (Phi) is 4.11. The van der Waals surface area contributed by atoms with Crippen LogP contribution in [0.4, 0.5) is 4.39 Å². The maximum atomic E-state index is 13.6. The second kappa shape index (κ2) is 5.77. The molecule has 0 aromatic rings. The summed E-state index contributed by atoms with van der Waals surface area (Å²) >= 11 is 0. The summed E-state index contributed by atoms with van der Waals surface area (Å²) in [5, 5.41) is 0. The third kappa shape index (κ3) is 2.60. The number of piperidine rings is 1. The zero-order valence-electron chi connectivity index (χ0n) is 13.9. The van der Waals surface area contributed by atoms with Crippen LogP contribution in [0.5, 0.6) is 0 Å². The molecule has 1 spiro atoms. The van der Waals surface area contributed by atoms with E-state index in [0.29, 0.717) is 6.04 Å². The standard InChI is InChI=1S/C19H28FN2/c1-14(2)22-10-5-8-19(9-11-22)13-15(3)17-12-16(20)6-7-18(17)21(19)4/h6-7,12,14,17-18H,3-5,8-11,13H2,1-2H3/q+1. The summed E-state index contributed by atoms with van der Waals surface area (Å²) in [5.41, 5.74) is 1.26. The average molecular weight is 303 g/mol. The smallest absolute Gasteiger partial charge is 0.181 e. The quantitative estimate of drug-likeness (QED) is 0.529. The lowest BCUT2D eigenvalue weighted by molar-refractivity contribution is -0.638. The van der Waals surface area contributed by atoms with E-state index in [-0.39, 0.29) is 23.3 Å². The minimum absolute atomic E-state index is 0.0811. The van der Waals surface area contributed by atoms with Crippen molar-refractivity contribution in [2.75, 3.05) is 13.1 Å². The molecule has 0 radical (unpaired) electrons. The minimum atomic E-state index is -0.140. The van der Waals surface area contributed by atoms with E-state index in [1.54, 1.807) is 12.2 Å². The fourth-order valence-corrected chi connectivity index (χ4v) is 4.43. The van der Waals surface area contributed by atoms with Crippen molar-refractivity contribution < 1.29 is 8.97 Å². The summed E-state index contributed by atoms with van der Waals surface area (Å²) in [6, 6.07) is 0.755. The van der Waals surface area contributed by atoms with Gasteiger partial charge < -0.3 is 4.90 Å². The molecule has 0 N–H and O–H groups in total.